The highest BCUT2D eigenvalue weighted by atomic mass is 32.1. The van der Waals surface area contributed by atoms with Crippen molar-refractivity contribution in [2.75, 3.05) is 18.5 Å². The Morgan fingerprint density at radius 2 is 1.94 bits per heavy atom. The molecule has 0 fully saturated rings. The van der Waals surface area contributed by atoms with Crippen molar-refractivity contribution in [3.8, 4) is 0 Å². The summed E-state index contributed by atoms with van der Waals surface area (Å²) >= 11 is 1.53. The number of carbonyl (C=O) groups is 1. The number of hydrogen-bond donors (Lipinski definition) is 0. The van der Waals surface area contributed by atoms with E-state index in [1.54, 1.807) is 0 Å². The van der Waals surface area contributed by atoms with Gasteiger partial charge in [0.25, 0.3) is 0 Å². The van der Waals surface area contributed by atoms with Gasteiger partial charge in [-0.15, -0.1) is 11.3 Å². The van der Waals surface area contributed by atoms with E-state index in [0.717, 1.165) is 29.1 Å². The standard InChI is InChI=1S/C14H15NOS/c1-15(14-8-7-13(11-16)17-14)10-9-12-5-3-2-4-6-12/h2-8,11H,9-10H2,1H3. The van der Waals surface area contributed by atoms with Crippen LogP contribution in [-0.2, 0) is 6.42 Å². The Hall–Kier alpha value is -1.61. The minimum Gasteiger partial charge on any atom is -0.366 e. The summed E-state index contributed by atoms with van der Waals surface area (Å²) in [5, 5.41) is 1.14. The van der Waals surface area contributed by atoms with Gasteiger partial charge in [-0.3, -0.25) is 4.79 Å². The maximum atomic E-state index is 10.6. The molecule has 1 aromatic heterocycles. The predicted octanol–water partition coefficient (Wildman–Crippen LogP) is 3.24. The van der Waals surface area contributed by atoms with Crippen LogP contribution in [-0.4, -0.2) is 19.9 Å². The van der Waals surface area contributed by atoms with E-state index in [9.17, 15) is 4.79 Å². The number of anilines is 1. The summed E-state index contributed by atoms with van der Waals surface area (Å²) in [6.45, 7) is 0.961. The molecule has 0 atom stereocenters. The van der Waals surface area contributed by atoms with E-state index in [0.29, 0.717) is 0 Å². The van der Waals surface area contributed by atoms with Gasteiger partial charge in [-0.25, -0.2) is 0 Å². The zero-order valence-corrected chi connectivity index (χ0v) is 10.6. The molecule has 2 nitrogen and oxygen atoms in total. The first-order chi connectivity index (χ1) is 8.29. The lowest BCUT2D eigenvalue weighted by Crippen LogP contribution is -2.18. The maximum absolute atomic E-state index is 10.6. The van der Waals surface area contributed by atoms with Crippen LogP contribution in [0.1, 0.15) is 15.2 Å². The zero-order valence-electron chi connectivity index (χ0n) is 9.80. The SMILES string of the molecule is CN(CCc1ccccc1)c1ccc(C=O)s1. The number of nitrogens with zero attached hydrogens (tertiary/aromatic N) is 1. The first-order valence-corrected chi connectivity index (χ1v) is 6.41. The fraction of sp³-hybridized carbons (Fsp3) is 0.214. The van der Waals surface area contributed by atoms with Crippen LogP contribution in [0.25, 0.3) is 0 Å². The van der Waals surface area contributed by atoms with E-state index >= 15 is 0 Å². The minimum absolute atomic E-state index is 0.784. The molecule has 88 valence electrons. The minimum atomic E-state index is 0.784. The molecule has 0 N–H and O–H groups in total. The molecule has 0 unspecified atom stereocenters. The molecule has 0 aliphatic carbocycles. The third-order valence-electron chi connectivity index (χ3n) is 2.68. The first kappa shape index (κ1) is 11.9. The average Bonchev–Trinajstić information content (AvgIpc) is 2.86. The molecule has 0 saturated heterocycles. The van der Waals surface area contributed by atoms with Crippen molar-refractivity contribution in [3.05, 3.63) is 52.9 Å². The lowest BCUT2D eigenvalue weighted by Gasteiger charge is -2.16. The zero-order chi connectivity index (χ0) is 12.1. The van der Waals surface area contributed by atoms with Crippen molar-refractivity contribution < 1.29 is 4.79 Å². The third kappa shape index (κ3) is 3.17. The van der Waals surface area contributed by atoms with Crippen molar-refractivity contribution in [2.45, 2.75) is 6.42 Å². The molecule has 1 heterocycles. The number of hydrogen-bond acceptors (Lipinski definition) is 3. The summed E-state index contributed by atoms with van der Waals surface area (Å²) in [5.74, 6) is 0. The average molecular weight is 245 g/mol. The Morgan fingerprint density at radius 3 is 2.59 bits per heavy atom. The lowest BCUT2D eigenvalue weighted by atomic mass is 10.1. The molecule has 0 saturated carbocycles. The molecule has 1 aromatic carbocycles. The van der Waals surface area contributed by atoms with Crippen LogP contribution in [0.3, 0.4) is 0 Å². The summed E-state index contributed by atoms with van der Waals surface area (Å²) < 4.78 is 0. The summed E-state index contributed by atoms with van der Waals surface area (Å²) in [6.07, 6.45) is 1.92. The Morgan fingerprint density at radius 1 is 1.18 bits per heavy atom. The monoisotopic (exact) mass is 245 g/mol. The van der Waals surface area contributed by atoms with Crippen molar-refractivity contribution in [2.24, 2.45) is 0 Å². The van der Waals surface area contributed by atoms with E-state index in [-0.39, 0.29) is 0 Å². The molecule has 17 heavy (non-hydrogen) atoms. The molecule has 2 aromatic rings. The van der Waals surface area contributed by atoms with Crippen LogP contribution < -0.4 is 4.90 Å². The van der Waals surface area contributed by atoms with E-state index in [2.05, 4.69) is 36.2 Å². The van der Waals surface area contributed by atoms with Gasteiger partial charge in [-0.2, -0.15) is 0 Å². The Bertz CT molecular complexity index is 478. The third-order valence-corrected chi connectivity index (χ3v) is 3.81. The van der Waals surface area contributed by atoms with Gasteiger partial charge in [0.15, 0.2) is 6.29 Å². The van der Waals surface area contributed by atoms with Crippen LogP contribution in [0.5, 0.6) is 0 Å². The van der Waals surface area contributed by atoms with Gasteiger partial charge in [0.1, 0.15) is 0 Å². The van der Waals surface area contributed by atoms with Gasteiger partial charge in [0.2, 0.25) is 0 Å². The van der Waals surface area contributed by atoms with E-state index in [1.807, 2.05) is 18.2 Å². The summed E-state index contributed by atoms with van der Waals surface area (Å²) in [6, 6.07) is 14.3. The number of rotatable bonds is 5. The lowest BCUT2D eigenvalue weighted by molar-refractivity contribution is 0.112. The highest BCUT2D eigenvalue weighted by Crippen LogP contribution is 2.23. The van der Waals surface area contributed by atoms with Crippen molar-refractivity contribution in [3.63, 3.8) is 0 Å². The van der Waals surface area contributed by atoms with Crippen LogP contribution in [0.15, 0.2) is 42.5 Å². The molecule has 3 heteroatoms. The molecule has 0 spiro atoms. The quantitative estimate of drug-likeness (QED) is 0.754. The van der Waals surface area contributed by atoms with Crippen molar-refractivity contribution in [1.82, 2.24) is 0 Å². The van der Waals surface area contributed by atoms with Gasteiger partial charge >= 0.3 is 0 Å². The van der Waals surface area contributed by atoms with Crippen LogP contribution >= 0.6 is 11.3 Å². The highest BCUT2D eigenvalue weighted by Gasteiger charge is 2.04. The van der Waals surface area contributed by atoms with E-state index < -0.39 is 0 Å². The molecule has 2 rings (SSSR count). The molecule has 0 bridgehead atoms. The number of carbonyl (C=O) groups excluding carboxylic acids is 1. The largest absolute Gasteiger partial charge is 0.366 e. The molecular weight excluding hydrogens is 230 g/mol. The second kappa shape index (κ2) is 5.64. The number of aldehydes is 1. The highest BCUT2D eigenvalue weighted by molar-refractivity contribution is 7.17. The summed E-state index contributed by atoms with van der Waals surface area (Å²) in [5.41, 5.74) is 1.34. The van der Waals surface area contributed by atoms with E-state index in [1.165, 1.54) is 16.9 Å². The molecule has 0 amide bonds. The fourth-order valence-electron chi connectivity index (χ4n) is 1.66. The van der Waals surface area contributed by atoms with Crippen LogP contribution in [0, 0.1) is 0 Å². The normalized spacial score (nSPS) is 10.2. The van der Waals surface area contributed by atoms with E-state index in [4.69, 9.17) is 0 Å². The molecule has 0 aliphatic rings. The van der Waals surface area contributed by atoms with Crippen LogP contribution in [0.4, 0.5) is 5.00 Å². The summed E-state index contributed by atoms with van der Waals surface area (Å²) in [7, 11) is 2.06. The Kier molecular flexibility index (Phi) is 3.94. The van der Waals surface area contributed by atoms with Gasteiger partial charge in [-0.05, 0) is 24.1 Å². The van der Waals surface area contributed by atoms with Crippen LogP contribution in [0.2, 0.25) is 0 Å². The Balaban J connectivity index is 1.93. The summed E-state index contributed by atoms with van der Waals surface area (Å²) in [4.78, 5) is 13.6. The second-order valence-corrected chi connectivity index (χ2v) is 5.04. The fourth-order valence-corrected chi connectivity index (χ4v) is 2.47. The number of thiophene rings is 1. The number of benzene rings is 1. The van der Waals surface area contributed by atoms with Gasteiger partial charge < -0.3 is 4.90 Å². The first-order valence-electron chi connectivity index (χ1n) is 5.59. The maximum Gasteiger partial charge on any atom is 0.160 e. The van der Waals surface area contributed by atoms with Gasteiger partial charge in [-0.1, -0.05) is 30.3 Å². The number of likely N-dealkylation sites (N-methyl/N-ethyl adjacent to an activating group) is 1. The molecule has 0 radical (unpaired) electrons. The van der Waals surface area contributed by atoms with Gasteiger partial charge in [0, 0.05) is 13.6 Å². The smallest absolute Gasteiger partial charge is 0.160 e. The van der Waals surface area contributed by atoms with Crippen molar-refractivity contribution in [1.29, 1.82) is 0 Å². The Labute approximate surface area is 106 Å². The predicted molar refractivity (Wildman–Crippen MR) is 73.1 cm³/mol. The molecular formula is C14H15NOS. The van der Waals surface area contributed by atoms with Crippen molar-refractivity contribution >= 4 is 22.6 Å². The topological polar surface area (TPSA) is 20.3 Å². The molecule has 0 aliphatic heterocycles. The van der Waals surface area contributed by atoms with Gasteiger partial charge in [0.05, 0.1) is 9.88 Å². The second-order valence-electron chi connectivity index (χ2n) is 3.95.